The summed E-state index contributed by atoms with van der Waals surface area (Å²) in [5, 5.41) is 16.0. The third-order valence-electron chi connectivity index (χ3n) is 5.68. The van der Waals surface area contributed by atoms with Gasteiger partial charge < -0.3 is 39.9 Å². The van der Waals surface area contributed by atoms with E-state index in [1.807, 2.05) is 6.07 Å². The summed E-state index contributed by atoms with van der Waals surface area (Å²) in [4.78, 5) is 59.9. The Bertz CT molecular complexity index is 1600. The molecule has 17 heteroatoms. The minimum absolute atomic E-state index is 0.00229. The van der Waals surface area contributed by atoms with Crippen LogP contribution in [0.2, 0.25) is 0 Å². The molecule has 0 aliphatic heterocycles. The molecule has 43 heavy (non-hydrogen) atoms. The Kier molecular flexibility index (Phi) is 9.80. The molecule has 1 atom stereocenters. The first-order valence-electron chi connectivity index (χ1n) is 12.6. The lowest BCUT2D eigenvalue weighted by atomic mass is 10.2. The summed E-state index contributed by atoms with van der Waals surface area (Å²) in [6, 6.07) is 12.8. The first kappa shape index (κ1) is 30.0. The second-order valence-corrected chi connectivity index (χ2v) is 8.76. The SMILES string of the molecule is COc1nc(N)nc2c1ncn2CC(=O)N[C@H](CNC(=O)OCc1ccccc1)COC(=O)Oc1ccc([N+](=O)[O-])cc1. The Balaban J connectivity index is 1.38. The van der Waals surface area contributed by atoms with E-state index >= 15 is 0 Å². The molecule has 0 aliphatic rings. The maximum Gasteiger partial charge on any atom is 0.513 e. The van der Waals surface area contributed by atoms with Crippen LogP contribution in [0.25, 0.3) is 11.2 Å². The molecule has 0 aliphatic carbocycles. The van der Waals surface area contributed by atoms with Gasteiger partial charge in [-0.05, 0) is 17.7 Å². The van der Waals surface area contributed by atoms with E-state index in [9.17, 15) is 24.5 Å². The number of nitrogens with two attached hydrogens (primary N) is 1. The third-order valence-corrected chi connectivity index (χ3v) is 5.68. The normalized spacial score (nSPS) is 11.3. The Morgan fingerprint density at radius 3 is 2.51 bits per heavy atom. The minimum Gasteiger partial charge on any atom is -0.479 e. The van der Waals surface area contributed by atoms with Crippen LogP contribution in [0.1, 0.15) is 5.56 Å². The number of non-ortho nitro benzene ring substituents is 1. The molecule has 4 rings (SSSR count). The number of benzene rings is 2. The van der Waals surface area contributed by atoms with E-state index in [1.54, 1.807) is 24.3 Å². The van der Waals surface area contributed by atoms with Crippen LogP contribution >= 0.6 is 0 Å². The molecule has 224 valence electrons. The smallest absolute Gasteiger partial charge is 0.479 e. The lowest BCUT2D eigenvalue weighted by molar-refractivity contribution is -0.384. The summed E-state index contributed by atoms with van der Waals surface area (Å²) in [6.07, 6.45) is -0.552. The zero-order chi connectivity index (χ0) is 30.8. The largest absolute Gasteiger partial charge is 0.513 e. The predicted octanol–water partition coefficient (Wildman–Crippen LogP) is 1.95. The number of fused-ring (bicyclic) bond motifs is 1. The fourth-order valence-electron chi connectivity index (χ4n) is 3.68. The van der Waals surface area contributed by atoms with Crippen LogP contribution in [0.4, 0.5) is 21.2 Å². The van der Waals surface area contributed by atoms with Crippen LogP contribution in [0.5, 0.6) is 11.6 Å². The number of carbonyl (C=O) groups excluding carboxylic acids is 3. The number of anilines is 1. The van der Waals surface area contributed by atoms with Gasteiger partial charge in [0.2, 0.25) is 17.7 Å². The predicted molar refractivity (Wildman–Crippen MR) is 148 cm³/mol. The van der Waals surface area contributed by atoms with Gasteiger partial charge in [-0.1, -0.05) is 30.3 Å². The summed E-state index contributed by atoms with van der Waals surface area (Å²) >= 11 is 0. The van der Waals surface area contributed by atoms with Gasteiger partial charge in [-0.15, -0.1) is 0 Å². The van der Waals surface area contributed by atoms with Gasteiger partial charge in [0.25, 0.3) is 5.69 Å². The van der Waals surface area contributed by atoms with E-state index in [4.69, 9.17) is 24.7 Å². The van der Waals surface area contributed by atoms with Gasteiger partial charge in [0.15, 0.2) is 11.2 Å². The van der Waals surface area contributed by atoms with Crippen molar-refractivity contribution in [1.29, 1.82) is 0 Å². The summed E-state index contributed by atoms with van der Waals surface area (Å²) in [5.41, 5.74) is 6.86. The quantitative estimate of drug-likeness (QED) is 0.0924. The molecule has 0 bridgehead atoms. The highest BCUT2D eigenvalue weighted by atomic mass is 16.7. The number of alkyl carbamates (subject to hydrolysis) is 1. The number of nitrogens with one attached hydrogen (secondary N) is 2. The minimum atomic E-state index is -1.14. The van der Waals surface area contributed by atoms with E-state index in [1.165, 1.54) is 30.1 Å². The molecule has 0 unspecified atom stereocenters. The maximum atomic E-state index is 12.9. The number of hydrogen-bond acceptors (Lipinski definition) is 13. The Labute approximate surface area is 243 Å². The average Bonchev–Trinajstić information content (AvgIpc) is 3.39. The molecular formula is C26H26N8O9. The van der Waals surface area contributed by atoms with Crippen molar-refractivity contribution in [3.63, 3.8) is 0 Å². The van der Waals surface area contributed by atoms with E-state index in [2.05, 4.69) is 25.6 Å². The Hall–Kier alpha value is -6.00. The number of aromatic nitrogens is 4. The van der Waals surface area contributed by atoms with Crippen molar-refractivity contribution in [1.82, 2.24) is 30.2 Å². The summed E-state index contributed by atoms with van der Waals surface area (Å²) in [5.74, 6) is -0.491. The number of amides is 2. The van der Waals surface area contributed by atoms with E-state index in [0.717, 1.165) is 17.7 Å². The van der Waals surface area contributed by atoms with Crippen molar-refractivity contribution in [2.75, 3.05) is 26.0 Å². The summed E-state index contributed by atoms with van der Waals surface area (Å²) < 4.78 is 21.9. The monoisotopic (exact) mass is 594 g/mol. The average molecular weight is 595 g/mol. The molecule has 4 N–H and O–H groups in total. The van der Waals surface area contributed by atoms with Crippen LogP contribution in [0.3, 0.4) is 0 Å². The van der Waals surface area contributed by atoms with Crippen molar-refractivity contribution in [3.8, 4) is 11.6 Å². The van der Waals surface area contributed by atoms with Crippen LogP contribution in [0.15, 0.2) is 60.9 Å². The summed E-state index contributed by atoms with van der Waals surface area (Å²) in [7, 11) is 1.39. The third kappa shape index (κ3) is 8.49. The van der Waals surface area contributed by atoms with Gasteiger partial charge in [-0.25, -0.2) is 14.6 Å². The topological polar surface area (TPSA) is 225 Å². The molecule has 2 heterocycles. The maximum absolute atomic E-state index is 12.9. The molecule has 0 fully saturated rings. The molecule has 2 aromatic carbocycles. The number of methoxy groups -OCH3 is 1. The number of nitro groups is 1. The molecule has 17 nitrogen and oxygen atoms in total. The van der Waals surface area contributed by atoms with Gasteiger partial charge in [-0.3, -0.25) is 14.9 Å². The lowest BCUT2D eigenvalue weighted by Crippen LogP contribution is -2.47. The number of hydrogen-bond donors (Lipinski definition) is 3. The molecule has 4 aromatic rings. The van der Waals surface area contributed by atoms with Gasteiger partial charge in [-0.2, -0.15) is 9.97 Å². The molecule has 2 aromatic heterocycles. The highest BCUT2D eigenvalue weighted by Crippen LogP contribution is 2.21. The van der Waals surface area contributed by atoms with Gasteiger partial charge in [0.05, 0.1) is 24.4 Å². The van der Waals surface area contributed by atoms with Crippen LogP contribution in [-0.4, -0.2) is 68.9 Å². The van der Waals surface area contributed by atoms with Gasteiger partial charge in [0, 0.05) is 18.7 Å². The molecule has 2 amide bonds. The van der Waals surface area contributed by atoms with Crippen molar-refractivity contribution in [2.24, 2.45) is 0 Å². The molecule has 0 saturated heterocycles. The van der Waals surface area contributed by atoms with Gasteiger partial charge in [0.1, 0.15) is 25.5 Å². The standard InChI is InChI=1S/C26H26N8O9/c1-40-23-21-22(31-24(27)32-23)33(15-29-21)12-20(35)30-17(11-28-25(36)41-13-16-5-3-2-4-6-16)14-42-26(37)43-19-9-7-18(8-10-19)34(38)39/h2-10,15,17H,11-14H2,1H3,(H,28,36)(H,30,35)(H2,27,31,32)/t17-/m1/s1. The first-order valence-corrected chi connectivity index (χ1v) is 12.6. The lowest BCUT2D eigenvalue weighted by Gasteiger charge is -2.19. The van der Waals surface area contributed by atoms with Gasteiger partial charge >= 0.3 is 12.2 Å². The van der Waals surface area contributed by atoms with Crippen molar-refractivity contribution in [3.05, 3.63) is 76.6 Å². The number of ether oxygens (including phenoxy) is 4. The first-order chi connectivity index (χ1) is 20.7. The van der Waals surface area contributed by atoms with Crippen LogP contribution in [-0.2, 0) is 27.4 Å². The highest BCUT2D eigenvalue weighted by Gasteiger charge is 2.20. The number of imidazole rings is 1. The highest BCUT2D eigenvalue weighted by molar-refractivity contribution is 5.81. The number of rotatable bonds is 12. The Morgan fingerprint density at radius 1 is 1.07 bits per heavy atom. The number of carbonyl (C=O) groups is 3. The van der Waals surface area contributed by atoms with Crippen molar-refractivity contribution >= 4 is 41.0 Å². The zero-order valence-electron chi connectivity index (χ0n) is 22.7. The second kappa shape index (κ2) is 14.1. The second-order valence-electron chi connectivity index (χ2n) is 8.76. The Morgan fingerprint density at radius 2 is 1.81 bits per heavy atom. The fraction of sp³-hybridized carbons (Fsp3) is 0.231. The zero-order valence-corrected chi connectivity index (χ0v) is 22.7. The molecule has 0 radical (unpaired) electrons. The number of nitrogen functional groups attached to an aromatic ring is 1. The summed E-state index contributed by atoms with van der Waals surface area (Å²) in [6.45, 7) is -0.843. The molecule has 0 spiro atoms. The number of nitrogens with zero attached hydrogens (tertiary/aromatic N) is 5. The van der Waals surface area contributed by atoms with Crippen molar-refractivity contribution < 1.29 is 38.3 Å². The van der Waals surface area contributed by atoms with E-state index in [-0.39, 0.29) is 48.6 Å². The van der Waals surface area contributed by atoms with E-state index in [0.29, 0.717) is 5.52 Å². The van der Waals surface area contributed by atoms with E-state index < -0.39 is 35.7 Å². The van der Waals surface area contributed by atoms with Crippen LogP contribution in [0, 0.1) is 10.1 Å². The van der Waals surface area contributed by atoms with Crippen molar-refractivity contribution in [2.45, 2.75) is 19.2 Å². The fourth-order valence-corrected chi connectivity index (χ4v) is 3.68. The van der Waals surface area contributed by atoms with Crippen LogP contribution < -0.4 is 25.8 Å². The molecule has 0 saturated carbocycles. The molecular weight excluding hydrogens is 568 g/mol. The number of nitro benzene ring substituents is 1.